The summed E-state index contributed by atoms with van der Waals surface area (Å²) in [5, 5.41) is 3.35. The summed E-state index contributed by atoms with van der Waals surface area (Å²) in [7, 11) is 0. The zero-order valence-corrected chi connectivity index (χ0v) is 21.1. The van der Waals surface area contributed by atoms with Gasteiger partial charge in [0, 0.05) is 6.42 Å². The maximum Gasteiger partial charge on any atom is 0.534 e. The van der Waals surface area contributed by atoms with E-state index < -0.39 is 35.4 Å². The summed E-state index contributed by atoms with van der Waals surface area (Å²) in [5.41, 5.74) is -0.319. The van der Waals surface area contributed by atoms with Crippen LogP contribution in [-0.2, 0) is 25.5 Å². The van der Waals surface area contributed by atoms with Gasteiger partial charge in [-0.05, 0) is 77.4 Å². The first-order valence-corrected chi connectivity index (χ1v) is 11.3. The number of alkyl carbamates (subject to hydrolysis) is 1. The van der Waals surface area contributed by atoms with E-state index in [2.05, 4.69) is 10.2 Å². The van der Waals surface area contributed by atoms with Crippen molar-refractivity contribution < 1.29 is 33.4 Å². The van der Waals surface area contributed by atoms with Crippen LogP contribution in [0.2, 0.25) is 0 Å². The van der Waals surface area contributed by atoms with Gasteiger partial charge in [-0.2, -0.15) is 0 Å². The van der Waals surface area contributed by atoms with Gasteiger partial charge in [-0.1, -0.05) is 12.1 Å². The Hall–Kier alpha value is -4.26. The molecule has 1 aliphatic heterocycles. The second-order valence-corrected chi connectivity index (χ2v) is 10.1. The smallest absolute Gasteiger partial charge is 0.459 e. The molecule has 36 heavy (non-hydrogen) atoms. The highest BCUT2D eigenvalue weighted by Gasteiger charge is 2.38. The van der Waals surface area contributed by atoms with Crippen molar-refractivity contribution in [3.05, 3.63) is 59.4 Å². The quantitative estimate of drug-likeness (QED) is 0.429. The summed E-state index contributed by atoms with van der Waals surface area (Å²) in [5.74, 6) is 0.219. The summed E-state index contributed by atoms with van der Waals surface area (Å²) >= 11 is 0. The molecule has 190 valence electrons. The molecule has 10 heteroatoms. The number of hydrogen-bond acceptors (Lipinski definition) is 7. The fourth-order valence-corrected chi connectivity index (χ4v) is 3.31. The Labute approximate surface area is 209 Å². The molecule has 0 fully saturated rings. The number of hydroxylamine groups is 1. The lowest BCUT2D eigenvalue weighted by atomic mass is 9.98. The molecular formula is C26H29N3O7. The van der Waals surface area contributed by atoms with E-state index in [-0.39, 0.29) is 6.42 Å². The predicted molar refractivity (Wildman–Crippen MR) is 131 cm³/mol. The lowest BCUT2D eigenvalue weighted by Gasteiger charge is -2.33. The predicted octanol–water partition coefficient (Wildman–Crippen LogP) is 5.68. The van der Waals surface area contributed by atoms with Crippen molar-refractivity contribution in [2.75, 3.05) is 5.06 Å². The average Bonchev–Trinajstić information content (AvgIpc) is 2.74. The largest absolute Gasteiger partial charge is 0.534 e. The molecule has 10 nitrogen and oxygen atoms in total. The van der Waals surface area contributed by atoms with E-state index in [0.717, 1.165) is 5.06 Å². The van der Waals surface area contributed by atoms with Gasteiger partial charge in [0.15, 0.2) is 5.69 Å². The van der Waals surface area contributed by atoms with Crippen LogP contribution >= 0.6 is 0 Å². The first kappa shape index (κ1) is 26.3. The molecule has 2 amide bonds. The van der Waals surface area contributed by atoms with Crippen molar-refractivity contribution in [2.24, 2.45) is 0 Å². The van der Waals surface area contributed by atoms with E-state index in [1.807, 2.05) is 0 Å². The van der Waals surface area contributed by atoms with E-state index in [9.17, 15) is 14.4 Å². The Balaban J connectivity index is 1.91. The van der Waals surface area contributed by atoms with Crippen LogP contribution in [0.4, 0.5) is 21.0 Å². The summed E-state index contributed by atoms with van der Waals surface area (Å²) in [6.45, 7) is 17.3. The summed E-state index contributed by atoms with van der Waals surface area (Å²) in [6.07, 6.45) is -1.76. The van der Waals surface area contributed by atoms with E-state index >= 15 is 0 Å². The van der Waals surface area contributed by atoms with Crippen molar-refractivity contribution in [2.45, 2.75) is 65.2 Å². The number of fused-ring (bicyclic) bond motifs is 1. The molecule has 0 saturated carbocycles. The summed E-state index contributed by atoms with van der Waals surface area (Å²) < 4.78 is 16.4. The SMILES string of the molecule is [C-]#[N+]c1cccc(Oc2ccc3c(c2)C[C@H](NC(=O)OC(C)(C)C)C(=O)N3OC(=O)OC(C)(C)C)c1. The van der Waals surface area contributed by atoms with Crippen molar-refractivity contribution in [1.29, 1.82) is 0 Å². The van der Waals surface area contributed by atoms with Crippen molar-refractivity contribution in [3.63, 3.8) is 0 Å². The number of anilines is 1. The van der Waals surface area contributed by atoms with Crippen LogP contribution in [-0.4, -0.2) is 35.4 Å². The molecular weight excluding hydrogens is 466 g/mol. The Morgan fingerprint density at radius 1 is 1.00 bits per heavy atom. The highest BCUT2D eigenvalue weighted by Crippen LogP contribution is 2.34. The molecule has 0 spiro atoms. The standard InChI is InChI=1S/C26H29N3O7/c1-25(2,3)34-23(31)28-20-14-16-13-19(33-18-10-8-9-17(15-18)27-7)11-12-21(16)29(22(20)30)36-24(32)35-26(4,5)6/h8-13,15,20H,14H2,1-6H3,(H,28,31)/t20-/m0/s1. The molecule has 0 unspecified atom stereocenters. The van der Waals surface area contributed by atoms with Crippen LogP contribution < -0.4 is 15.1 Å². The van der Waals surface area contributed by atoms with E-state index in [0.29, 0.717) is 28.4 Å². The highest BCUT2D eigenvalue weighted by atomic mass is 16.8. The van der Waals surface area contributed by atoms with Gasteiger partial charge in [0.1, 0.15) is 28.7 Å². The lowest BCUT2D eigenvalue weighted by molar-refractivity contribution is -0.128. The normalized spacial score (nSPS) is 15.3. The third kappa shape index (κ3) is 7.12. The van der Waals surface area contributed by atoms with Crippen molar-refractivity contribution in [1.82, 2.24) is 5.32 Å². The van der Waals surface area contributed by atoms with Crippen LogP contribution in [0.3, 0.4) is 0 Å². The Morgan fingerprint density at radius 3 is 2.31 bits per heavy atom. The number of nitrogens with zero attached hydrogens (tertiary/aromatic N) is 2. The number of carbonyl (C=O) groups is 3. The third-order valence-electron chi connectivity index (χ3n) is 4.62. The van der Waals surface area contributed by atoms with Gasteiger partial charge < -0.3 is 19.5 Å². The molecule has 1 aliphatic rings. The monoisotopic (exact) mass is 495 g/mol. The maximum absolute atomic E-state index is 13.2. The van der Waals surface area contributed by atoms with Gasteiger partial charge in [-0.25, -0.2) is 14.4 Å². The molecule has 0 radical (unpaired) electrons. The fraction of sp³-hybridized carbons (Fsp3) is 0.385. The van der Waals surface area contributed by atoms with E-state index in [1.165, 1.54) is 0 Å². The average molecular weight is 496 g/mol. The fourth-order valence-electron chi connectivity index (χ4n) is 3.31. The van der Waals surface area contributed by atoms with E-state index in [4.69, 9.17) is 25.6 Å². The van der Waals surface area contributed by atoms with Gasteiger partial charge in [0.05, 0.1) is 12.3 Å². The second-order valence-electron chi connectivity index (χ2n) is 10.1. The maximum atomic E-state index is 13.2. The Kier molecular flexibility index (Phi) is 7.43. The number of nitrogens with one attached hydrogen (secondary N) is 1. The first-order chi connectivity index (χ1) is 16.7. The van der Waals surface area contributed by atoms with E-state index in [1.54, 1.807) is 84.0 Å². The van der Waals surface area contributed by atoms with Crippen molar-refractivity contribution in [3.8, 4) is 11.5 Å². The first-order valence-electron chi connectivity index (χ1n) is 11.3. The second kappa shape index (κ2) is 10.2. The number of ether oxygens (including phenoxy) is 3. The topological polar surface area (TPSA) is 108 Å². The minimum Gasteiger partial charge on any atom is -0.459 e. The van der Waals surface area contributed by atoms with Crippen LogP contribution in [0.5, 0.6) is 11.5 Å². The number of rotatable bonds is 4. The Bertz CT molecular complexity index is 1210. The molecule has 1 heterocycles. The van der Waals surface area contributed by atoms with Gasteiger partial charge in [-0.15, -0.1) is 5.06 Å². The van der Waals surface area contributed by atoms with Gasteiger partial charge in [0.25, 0.3) is 5.91 Å². The summed E-state index contributed by atoms with van der Waals surface area (Å²) in [6, 6.07) is 10.4. The molecule has 0 saturated heterocycles. The zero-order valence-electron chi connectivity index (χ0n) is 21.1. The number of amides is 2. The zero-order chi connectivity index (χ0) is 26.7. The molecule has 0 aromatic heterocycles. The molecule has 1 atom stereocenters. The van der Waals surface area contributed by atoms with Crippen molar-refractivity contribution >= 4 is 29.5 Å². The number of benzene rings is 2. The van der Waals surface area contributed by atoms with Gasteiger partial charge in [-0.3, -0.25) is 9.63 Å². The third-order valence-corrected chi connectivity index (χ3v) is 4.62. The highest BCUT2D eigenvalue weighted by molar-refractivity contribution is 6.01. The minimum absolute atomic E-state index is 0.0981. The van der Waals surface area contributed by atoms with Crippen LogP contribution in [0.15, 0.2) is 42.5 Å². The molecule has 3 rings (SSSR count). The van der Waals surface area contributed by atoms with Crippen LogP contribution in [0, 0.1) is 6.57 Å². The van der Waals surface area contributed by atoms with Crippen LogP contribution in [0.1, 0.15) is 47.1 Å². The number of hydrogen-bond donors (Lipinski definition) is 1. The molecule has 2 aromatic rings. The van der Waals surface area contributed by atoms with Gasteiger partial charge >= 0.3 is 12.2 Å². The lowest BCUT2D eigenvalue weighted by Crippen LogP contribution is -2.54. The Morgan fingerprint density at radius 2 is 1.67 bits per heavy atom. The summed E-state index contributed by atoms with van der Waals surface area (Å²) in [4.78, 5) is 46.6. The molecule has 0 bridgehead atoms. The number of carbonyl (C=O) groups excluding carboxylic acids is 3. The minimum atomic E-state index is -1.07. The molecule has 0 aliphatic carbocycles. The molecule has 1 N–H and O–H groups in total. The molecule has 2 aromatic carbocycles. The van der Waals surface area contributed by atoms with Crippen LogP contribution in [0.25, 0.3) is 4.85 Å². The van der Waals surface area contributed by atoms with Gasteiger partial charge in [0.2, 0.25) is 0 Å².